The molecule has 1 aromatic carbocycles. The van der Waals surface area contributed by atoms with Crippen molar-refractivity contribution in [3.8, 4) is 0 Å². The number of carbonyl (C=O) groups is 1. The van der Waals surface area contributed by atoms with E-state index in [0.29, 0.717) is 17.8 Å². The number of carboxylic acids is 1. The maximum Gasteiger partial charge on any atom is 0.337 e. The van der Waals surface area contributed by atoms with Gasteiger partial charge < -0.3 is 10.8 Å². The molecule has 0 fully saturated rings. The summed E-state index contributed by atoms with van der Waals surface area (Å²) >= 11 is 0. The number of carboxylic acid groups (broad SMARTS) is 1. The minimum absolute atomic E-state index is 0.251. The molecule has 0 aliphatic rings. The van der Waals surface area contributed by atoms with Crippen molar-refractivity contribution < 1.29 is 9.90 Å². The Morgan fingerprint density at radius 3 is 2.81 bits per heavy atom. The Morgan fingerprint density at radius 2 is 2.19 bits per heavy atom. The van der Waals surface area contributed by atoms with E-state index in [4.69, 9.17) is 10.8 Å². The highest BCUT2D eigenvalue weighted by Gasteiger charge is 2.11. The third-order valence-corrected chi connectivity index (χ3v) is 2.48. The Kier molecular flexibility index (Phi) is 2.48. The number of nitrogens with two attached hydrogens (primary N) is 1. The van der Waals surface area contributed by atoms with Crippen LogP contribution < -0.4 is 5.73 Å². The summed E-state index contributed by atoms with van der Waals surface area (Å²) in [5, 5.41) is 9.81. The van der Waals surface area contributed by atoms with Gasteiger partial charge in [0.15, 0.2) is 0 Å². The van der Waals surface area contributed by atoms with Crippen molar-refractivity contribution in [2.75, 3.05) is 5.73 Å². The molecule has 0 bridgehead atoms. The zero-order chi connectivity index (χ0) is 11.7. The molecule has 3 N–H and O–H groups in total. The van der Waals surface area contributed by atoms with Crippen molar-refractivity contribution in [3.63, 3.8) is 0 Å². The number of nitrogens with zero attached hydrogens (tertiary/aromatic N) is 1. The number of anilines is 1. The Labute approximate surface area is 92.7 Å². The molecule has 0 unspecified atom stereocenters. The molecule has 16 heavy (non-hydrogen) atoms. The molecule has 0 aliphatic heterocycles. The van der Waals surface area contributed by atoms with E-state index in [0.717, 1.165) is 10.9 Å². The predicted octanol–water partition coefficient (Wildman–Crippen LogP) is 2.08. The van der Waals surface area contributed by atoms with Gasteiger partial charge in [-0.15, -0.1) is 0 Å². The molecule has 0 radical (unpaired) electrons. The van der Waals surface area contributed by atoms with E-state index in [2.05, 4.69) is 4.98 Å². The van der Waals surface area contributed by atoms with E-state index in [1.54, 1.807) is 24.3 Å². The van der Waals surface area contributed by atoms with Crippen molar-refractivity contribution in [1.82, 2.24) is 4.98 Å². The smallest absolute Gasteiger partial charge is 0.337 e. The average molecular weight is 216 g/mol. The Balaban J connectivity index is 2.75. The Morgan fingerprint density at radius 1 is 1.44 bits per heavy atom. The molecule has 2 aromatic rings. The topological polar surface area (TPSA) is 76.2 Å². The standard InChI is InChI=1S/C12H12N2O2/c1-2-10-9(12(15)16)6-7-5-8(13)3-4-11(7)14-10/h3-6H,2,13H2,1H3,(H,15,16). The highest BCUT2D eigenvalue weighted by Crippen LogP contribution is 2.19. The predicted molar refractivity (Wildman–Crippen MR) is 62.5 cm³/mol. The molecule has 1 aromatic heterocycles. The second-order valence-electron chi connectivity index (χ2n) is 3.59. The van der Waals surface area contributed by atoms with Gasteiger partial charge in [0.1, 0.15) is 0 Å². The van der Waals surface area contributed by atoms with Crippen molar-refractivity contribution in [2.45, 2.75) is 13.3 Å². The van der Waals surface area contributed by atoms with Gasteiger partial charge in [0.25, 0.3) is 0 Å². The fourth-order valence-corrected chi connectivity index (χ4v) is 1.69. The number of pyridine rings is 1. The van der Waals surface area contributed by atoms with Gasteiger partial charge in [0.05, 0.1) is 16.8 Å². The van der Waals surface area contributed by atoms with E-state index >= 15 is 0 Å². The van der Waals surface area contributed by atoms with Crippen LogP contribution in [-0.4, -0.2) is 16.1 Å². The van der Waals surface area contributed by atoms with Gasteiger partial charge in [-0.2, -0.15) is 0 Å². The molecule has 82 valence electrons. The van der Waals surface area contributed by atoms with Crippen LogP contribution in [0.1, 0.15) is 23.0 Å². The third kappa shape index (κ3) is 1.69. The van der Waals surface area contributed by atoms with Crippen LogP contribution in [0.5, 0.6) is 0 Å². The fourth-order valence-electron chi connectivity index (χ4n) is 1.69. The molecule has 0 spiro atoms. The number of rotatable bonds is 2. The van der Waals surface area contributed by atoms with Crippen LogP contribution in [0.3, 0.4) is 0 Å². The van der Waals surface area contributed by atoms with Crippen molar-refractivity contribution >= 4 is 22.6 Å². The summed E-state index contributed by atoms with van der Waals surface area (Å²) in [4.78, 5) is 15.4. The lowest BCUT2D eigenvalue weighted by atomic mass is 10.1. The molecule has 4 heteroatoms. The number of aryl methyl sites for hydroxylation is 1. The summed E-state index contributed by atoms with van der Waals surface area (Å²) in [6, 6.07) is 6.92. The largest absolute Gasteiger partial charge is 0.478 e. The fraction of sp³-hybridized carbons (Fsp3) is 0.167. The maximum atomic E-state index is 11.0. The van der Waals surface area contributed by atoms with Gasteiger partial charge in [0.2, 0.25) is 0 Å². The van der Waals surface area contributed by atoms with Crippen LogP contribution in [0, 0.1) is 0 Å². The summed E-state index contributed by atoms with van der Waals surface area (Å²) < 4.78 is 0. The average Bonchev–Trinajstić information content (AvgIpc) is 2.27. The normalized spacial score (nSPS) is 10.6. The number of hydrogen-bond acceptors (Lipinski definition) is 3. The summed E-state index contributed by atoms with van der Waals surface area (Å²) in [6.45, 7) is 1.89. The molecule has 0 atom stereocenters. The minimum Gasteiger partial charge on any atom is -0.478 e. The number of nitrogen functional groups attached to an aromatic ring is 1. The monoisotopic (exact) mass is 216 g/mol. The quantitative estimate of drug-likeness (QED) is 0.753. The third-order valence-electron chi connectivity index (χ3n) is 2.48. The molecule has 0 aliphatic carbocycles. The number of aromatic nitrogens is 1. The molecule has 4 nitrogen and oxygen atoms in total. The first-order valence-corrected chi connectivity index (χ1v) is 5.04. The van der Waals surface area contributed by atoms with E-state index in [9.17, 15) is 4.79 Å². The number of aromatic carboxylic acids is 1. The minimum atomic E-state index is -0.950. The van der Waals surface area contributed by atoms with E-state index in [-0.39, 0.29) is 5.56 Å². The molecular formula is C12H12N2O2. The van der Waals surface area contributed by atoms with Crippen LogP contribution in [0.2, 0.25) is 0 Å². The Bertz CT molecular complexity index is 564. The van der Waals surface area contributed by atoms with E-state index in [1.807, 2.05) is 6.92 Å². The lowest BCUT2D eigenvalue weighted by Crippen LogP contribution is -2.04. The second-order valence-corrected chi connectivity index (χ2v) is 3.59. The lowest BCUT2D eigenvalue weighted by molar-refractivity contribution is 0.0695. The first-order chi connectivity index (χ1) is 7.61. The number of benzene rings is 1. The molecular weight excluding hydrogens is 204 g/mol. The first kappa shape index (κ1) is 10.4. The molecule has 0 amide bonds. The number of fused-ring (bicyclic) bond motifs is 1. The van der Waals surface area contributed by atoms with Crippen LogP contribution in [0.25, 0.3) is 10.9 Å². The highest BCUT2D eigenvalue weighted by molar-refractivity contribution is 5.94. The van der Waals surface area contributed by atoms with Crippen LogP contribution in [-0.2, 0) is 6.42 Å². The van der Waals surface area contributed by atoms with Crippen molar-refractivity contribution in [1.29, 1.82) is 0 Å². The second kappa shape index (κ2) is 3.81. The summed E-state index contributed by atoms with van der Waals surface area (Å²) in [6.07, 6.45) is 0.599. The van der Waals surface area contributed by atoms with Crippen LogP contribution >= 0.6 is 0 Å². The summed E-state index contributed by atoms with van der Waals surface area (Å²) in [5.74, 6) is -0.950. The van der Waals surface area contributed by atoms with E-state index in [1.165, 1.54) is 0 Å². The van der Waals surface area contributed by atoms with Gasteiger partial charge in [-0.1, -0.05) is 6.92 Å². The van der Waals surface area contributed by atoms with Crippen LogP contribution in [0.15, 0.2) is 24.3 Å². The highest BCUT2D eigenvalue weighted by atomic mass is 16.4. The zero-order valence-corrected chi connectivity index (χ0v) is 8.90. The molecule has 2 rings (SSSR count). The lowest BCUT2D eigenvalue weighted by Gasteiger charge is -2.06. The van der Waals surface area contributed by atoms with Gasteiger partial charge in [-0.25, -0.2) is 4.79 Å². The van der Waals surface area contributed by atoms with Crippen molar-refractivity contribution in [3.05, 3.63) is 35.5 Å². The van der Waals surface area contributed by atoms with Crippen LogP contribution in [0.4, 0.5) is 5.69 Å². The molecule has 0 saturated heterocycles. The SMILES string of the molecule is CCc1nc2ccc(N)cc2cc1C(=O)O. The van der Waals surface area contributed by atoms with Gasteiger partial charge in [-0.05, 0) is 30.7 Å². The summed E-state index contributed by atoms with van der Waals surface area (Å²) in [7, 11) is 0. The van der Waals surface area contributed by atoms with E-state index < -0.39 is 5.97 Å². The van der Waals surface area contributed by atoms with Gasteiger partial charge in [0, 0.05) is 11.1 Å². The molecule has 1 heterocycles. The maximum absolute atomic E-state index is 11.0. The first-order valence-electron chi connectivity index (χ1n) is 5.04. The van der Waals surface area contributed by atoms with Gasteiger partial charge >= 0.3 is 5.97 Å². The molecule has 0 saturated carbocycles. The van der Waals surface area contributed by atoms with Crippen molar-refractivity contribution in [2.24, 2.45) is 0 Å². The number of hydrogen-bond donors (Lipinski definition) is 2. The van der Waals surface area contributed by atoms with Gasteiger partial charge in [-0.3, -0.25) is 4.98 Å². The zero-order valence-electron chi connectivity index (χ0n) is 8.90. The summed E-state index contributed by atoms with van der Waals surface area (Å²) in [5.41, 5.74) is 7.88. The Hall–Kier alpha value is -2.10.